The zero-order chi connectivity index (χ0) is 31.1. The molecule has 1 saturated heterocycles. The molecule has 45 heavy (non-hydrogen) atoms. The molecule has 0 bridgehead atoms. The first-order valence-electron chi connectivity index (χ1n) is 14.8. The van der Waals surface area contributed by atoms with E-state index in [0.29, 0.717) is 53.5 Å². The first-order chi connectivity index (χ1) is 21.8. The third kappa shape index (κ3) is 6.34. The number of benzene rings is 2. The molecule has 230 valence electrons. The van der Waals surface area contributed by atoms with Gasteiger partial charge in [-0.1, -0.05) is 31.3 Å². The van der Waals surface area contributed by atoms with Crippen LogP contribution in [-0.2, 0) is 11.2 Å². The Morgan fingerprint density at radius 3 is 2.64 bits per heavy atom. The molecule has 13 heteroatoms. The SMILES string of the molecule is CC(C)c1nnc(-c2ccc(Oc3cc(-c4nc(NC5CC(=O)N(C6CC6)C5)no4)ccc3Cc3cc(F)c[nH]c3=O)cc2)s1. The molecule has 0 radical (unpaired) electrons. The number of aromatic nitrogens is 5. The predicted octanol–water partition coefficient (Wildman–Crippen LogP) is 5.76. The zero-order valence-electron chi connectivity index (χ0n) is 24.6. The Balaban J connectivity index is 1.14. The molecule has 1 saturated carbocycles. The van der Waals surface area contributed by atoms with Crippen LogP contribution in [0.25, 0.3) is 22.0 Å². The zero-order valence-corrected chi connectivity index (χ0v) is 25.4. The fourth-order valence-electron chi connectivity index (χ4n) is 5.29. The fraction of sp³-hybridized carbons (Fsp3) is 0.312. The number of pyridine rings is 1. The maximum Gasteiger partial charge on any atom is 0.264 e. The van der Waals surface area contributed by atoms with Gasteiger partial charge in [-0.3, -0.25) is 9.59 Å². The van der Waals surface area contributed by atoms with E-state index in [-0.39, 0.29) is 35.4 Å². The van der Waals surface area contributed by atoms with E-state index in [2.05, 4.69) is 44.5 Å². The average Bonchev–Trinajstić information content (AvgIpc) is 3.37. The molecule has 1 aliphatic heterocycles. The molecule has 1 atom stereocenters. The third-order valence-electron chi connectivity index (χ3n) is 7.81. The highest BCUT2D eigenvalue weighted by Crippen LogP contribution is 2.35. The number of anilines is 1. The number of H-pyrrole nitrogens is 1. The quantitative estimate of drug-likeness (QED) is 0.198. The Bertz CT molecular complexity index is 1920. The highest BCUT2D eigenvalue weighted by Gasteiger charge is 2.39. The first kappa shape index (κ1) is 28.8. The number of rotatable bonds is 10. The second-order valence-electron chi connectivity index (χ2n) is 11.6. The molecule has 1 unspecified atom stereocenters. The summed E-state index contributed by atoms with van der Waals surface area (Å²) in [4.78, 5) is 33.7. The van der Waals surface area contributed by atoms with Crippen molar-refractivity contribution in [3.8, 4) is 33.5 Å². The van der Waals surface area contributed by atoms with E-state index in [0.717, 1.165) is 34.6 Å². The molecule has 1 aliphatic carbocycles. The van der Waals surface area contributed by atoms with Crippen molar-refractivity contribution in [1.82, 2.24) is 30.2 Å². The lowest BCUT2D eigenvalue weighted by Gasteiger charge is -2.15. The fourth-order valence-corrected chi connectivity index (χ4v) is 6.14. The Hall–Kier alpha value is -4.91. The van der Waals surface area contributed by atoms with Gasteiger partial charge >= 0.3 is 0 Å². The first-order valence-corrected chi connectivity index (χ1v) is 15.6. The van der Waals surface area contributed by atoms with Crippen LogP contribution in [0.2, 0.25) is 0 Å². The summed E-state index contributed by atoms with van der Waals surface area (Å²) in [6.07, 6.45) is 3.68. The van der Waals surface area contributed by atoms with Crippen molar-refractivity contribution in [2.75, 3.05) is 11.9 Å². The molecule has 0 spiro atoms. The molecular weight excluding hydrogens is 597 g/mol. The number of nitrogens with zero attached hydrogens (tertiary/aromatic N) is 5. The number of carbonyl (C=O) groups is 1. The van der Waals surface area contributed by atoms with Crippen LogP contribution in [0.15, 0.2) is 64.0 Å². The largest absolute Gasteiger partial charge is 0.457 e. The summed E-state index contributed by atoms with van der Waals surface area (Å²) in [7, 11) is 0. The minimum absolute atomic E-state index is 0.0886. The number of nitrogens with one attached hydrogen (secondary N) is 2. The summed E-state index contributed by atoms with van der Waals surface area (Å²) in [5.41, 5.74) is 2.05. The van der Waals surface area contributed by atoms with E-state index in [4.69, 9.17) is 9.26 Å². The van der Waals surface area contributed by atoms with Crippen LogP contribution < -0.4 is 15.6 Å². The monoisotopic (exact) mass is 627 g/mol. The molecule has 2 N–H and O–H groups in total. The maximum atomic E-state index is 14.0. The Morgan fingerprint density at radius 1 is 1.09 bits per heavy atom. The Morgan fingerprint density at radius 2 is 1.89 bits per heavy atom. The Labute approximate surface area is 261 Å². The molecule has 2 fully saturated rings. The highest BCUT2D eigenvalue weighted by molar-refractivity contribution is 7.14. The smallest absolute Gasteiger partial charge is 0.264 e. The number of likely N-dealkylation sites (tertiary alicyclic amines) is 1. The van der Waals surface area contributed by atoms with E-state index in [9.17, 15) is 14.0 Å². The Kier molecular flexibility index (Phi) is 7.61. The van der Waals surface area contributed by atoms with Gasteiger partial charge in [0.25, 0.3) is 17.4 Å². The number of aromatic amines is 1. The summed E-state index contributed by atoms with van der Waals surface area (Å²) in [6, 6.07) is 14.3. The maximum absolute atomic E-state index is 14.0. The number of carbonyl (C=O) groups excluding carboxylic acids is 1. The number of ether oxygens (including phenoxy) is 1. The highest BCUT2D eigenvalue weighted by atomic mass is 32.1. The third-order valence-corrected chi connectivity index (χ3v) is 9.08. The topological polar surface area (TPSA) is 139 Å². The summed E-state index contributed by atoms with van der Waals surface area (Å²) >= 11 is 1.55. The normalized spacial score (nSPS) is 16.5. The minimum atomic E-state index is -0.535. The molecule has 4 heterocycles. The van der Waals surface area contributed by atoms with E-state index >= 15 is 0 Å². The lowest BCUT2D eigenvalue weighted by molar-refractivity contribution is -0.128. The molecule has 3 aromatic heterocycles. The van der Waals surface area contributed by atoms with Gasteiger partial charge in [0.15, 0.2) is 0 Å². The van der Waals surface area contributed by atoms with Gasteiger partial charge in [-0.05, 0) is 66.0 Å². The standard InChI is InChI=1S/C32H30FN7O4S/c1-17(2)30-37-38-31(45-30)18-5-9-25(10-6-18)43-26-13-20(4-3-19(26)11-21-12-22(33)15-34-28(21)42)29-36-32(39-44-29)35-23-14-27(41)40(16-23)24-7-8-24/h3-6,9-10,12-13,15,17,23-24H,7-8,11,14,16H2,1-2H3,(H,34,42)(H,35,39). The number of amides is 1. The molecule has 1 amide bonds. The molecule has 11 nitrogen and oxygen atoms in total. The van der Waals surface area contributed by atoms with Gasteiger partial charge in [0.1, 0.15) is 27.3 Å². The van der Waals surface area contributed by atoms with Crippen LogP contribution in [0.3, 0.4) is 0 Å². The molecular formula is C32H30FN7O4S. The summed E-state index contributed by atoms with van der Waals surface area (Å²) < 4.78 is 25.9. The van der Waals surface area contributed by atoms with Crippen molar-refractivity contribution in [2.45, 2.75) is 57.5 Å². The average molecular weight is 628 g/mol. The second kappa shape index (κ2) is 11.9. The van der Waals surface area contributed by atoms with Gasteiger partial charge in [-0.15, -0.1) is 10.2 Å². The minimum Gasteiger partial charge on any atom is -0.457 e. The number of halogens is 1. The van der Waals surface area contributed by atoms with E-state index in [1.165, 1.54) is 6.07 Å². The van der Waals surface area contributed by atoms with Crippen molar-refractivity contribution in [3.63, 3.8) is 0 Å². The van der Waals surface area contributed by atoms with Gasteiger partial charge in [-0.2, -0.15) is 4.98 Å². The lowest BCUT2D eigenvalue weighted by Crippen LogP contribution is -2.29. The van der Waals surface area contributed by atoms with Crippen LogP contribution in [0.5, 0.6) is 11.5 Å². The van der Waals surface area contributed by atoms with Crippen molar-refractivity contribution in [1.29, 1.82) is 0 Å². The van der Waals surface area contributed by atoms with Gasteiger partial charge in [0, 0.05) is 54.2 Å². The van der Waals surface area contributed by atoms with Gasteiger partial charge in [0.2, 0.25) is 5.91 Å². The van der Waals surface area contributed by atoms with Gasteiger partial charge in [-0.25, -0.2) is 4.39 Å². The van der Waals surface area contributed by atoms with Crippen molar-refractivity contribution >= 4 is 23.2 Å². The second-order valence-corrected chi connectivity index (χ2v) is 12.7. The lowest BCUT2D eigenvalue weighted by atomic mass is 10.0. The number of hydrogen-bond donors (Lipinski definition) is 2. The van der Waals surface area contributed by atoms with Crippen LogP contribution in [-0.4, -0.2) is 54.8 Å². The van der Waals surface area contributed by atoms with E-state index in [1.807, 2.05) is 29.2 Å². The van der Waals surface area contributed by atoms with Crippen LogP contribution in [0.4, 0.5) is 10.3 Å². The van der Waals surface area contributed by atoms with Crippen LogP contribution in [0, 0.1) is 5.82 Å². The summed E-state index contributed by atoms with van der Waals surface area (Å²) in [5.74, 6) is 1.45. The van der Waals surface area contributed by atoms with Gasteiger partial charge in [0.05, 0.1) is 6.04 Å². The predicted molar refractivity (Wildman–Crippen MR) is 166 cm³/mol. The number of hydrogen-bond acceptors (Lipinski definition) is 10. The van der Waals surface area contributed by atoms with E-state index in [1.54, 1.807) is 29.5 Å². The van der Waals surface area contributed by atoms with Crippen LogP contribution >= 0.6 is 11.3 Å². The molecule has 2 aliphatic rings. The molecule has 2 aromatic carbocycles. The van der Waals surface area contributed by atoms with Crippen LogP contribution in [0.1, 0.15) is 55.2 Å². The molecule has 7 rings (SSSR count). The van der Waals surface area contributed by atoms with E-state index < -0.39 is 5.82 Å². The van der Waals surface area contributed by atoms with Crippen molar-refractivity contribution < 1.29 is 18.4 Å². The summed E-state index contributed by atoms with van der Waals surface area (Å²) in [5, 5.41) is 17.7. The van der Waals surface area contributed by atoms with Gasteiger partial charge < -0.3 is 24.5 Å². The van der Waals surface area contributed by atoms with Crippen molar-refractivity contribution in [2.24, 2.45) is 0 Å². The summed E-state index contributed by atoms with van der Waals surface area (Å²) in [6.45, 7) is 4.78. The molecule has 5 aromatic rings. The van der Waals surface area contributed by atoms with Crippen molar-refractivity contribution in [3.05, 3.63) is 87.0 Å².